The molecule has 3 aliphatic rings. The number of piperazine rings is 1. The summed E-state index contributed by atoms with van der Waals surface area (Å²) >= 11 is -2.41. The Hall–Kier alpha value is -1.18. The van der Waals surface area contributed by atoms with Crippen LogP contribution in [0.5, 0.6) is 0 Å². The van der Waals surface area contributed by atoms with Crippen LogP contribution < -0.4 is 8.48 Å². The molecule has 6 heteroatoms. The van der Waals surface area contributed by atoms with Crippen LogP contribution in [0.25, 0.3) is 0 Å². The molecule has 0 amide bonds. The molecule has 5 rings (SSSR count). The molecular formula is C29H46N4OSn. The third kappa shape index (κ3) is 6.04. The third-order valence-corrected chi connectivity index (χ3v) is 24.0. The third-order valence-electron chi connectivity index (χ3n) is 8.42. The van der Waals surface area contributed by atoms with Gasteiger partial charge in [0.2, 0.25) is 0 Å². The number of rotatable bonds is 14. The first kappa shape index (κ1) is 26.9. The molecule has 0 N–H and O–H groups in total. The zero-order chi connectivity index (χ0) is 24.7. The quantitative estimate of drug-likeness (QED) is 0.249. The van der Waals surface area contributed by atoms with E-state index in [0.29, 0.717) is 12.1 Å². The zero-order valence-electron chi connectivity index (χ0n) is 22.5. The molecule has 0 aliphatic carbocycles. The normalized spacial score (nSPS) is 21.1. The van der Waals surface area contributed by atoms with Gasteiger partial charge in [-0.1, -0.05) is 0 Å². The minimum atomic E-state index is -2.41. The van der Waals surface area contributed by atoms with Crippen LogP contribution in [0, 0.1) is 0 Å². The van der Waals surface area contributed by atoms with E-state index >= 15 is 0 Å². The van der Waals surface area contributed by atoms with Gasteiger partial charge in [0.15, 0.2) is 0 Å². The van der Waals surface area contributed by atoms with Crippen LogP contribution in [0.1, 0.15) is 77.5 Å². The fourth-order valence-corrected chi connectivity index (χ4v) is 22.0. The second kappa shape index (κ2) is 12.9. The Balaban J connectivity index is 1.47. The van der Waals surface area contributed by atoms with Gasteiger partial charge in [0, 0.05) is 6.20 Å². The molecule has 5 nitrogen and oxygen atoms in total. The van der Waals surface area contributed by atoms with Crippen LogP contribution in [0.3, 0.4) is 0 Å². The van der Waals surface area contributed by atoms with E-state index in [4.69, 9.17) is 9.72 Å². The monoisotopic (exact) mass is 586 g/mol. The number of methoxy groups -OCH3 is 1. The number of unbranched alkanes of at least 4 members (excludes halogenated alkanes) is 3. The Morgan fingerprint density at radius 2 is 1.60 bits per heavy atom. The summed E-state index contributed by atoms with van der Waals surface area (Å²) in [5.41, 5.74) is 1.15. The average molecular weight is 585 g/mol. The van der Waals surface area contributed by atoms with Gasteiger partial charge in [-0.25, -0.2) is 0 Å². The number of fused-ring (bicyclic) bond motifs is 2. The van der Waals surface area contributed by atoms with E-state index in [1.54, 1.807) is 3.58 Å². The van der Waals surface area contributed by atoms with E-state index in [1.165, 1.54) is 64.1 Å². The molecule has 0 aromatic carbocycles. The summed E-state index contributed by atoms with van der Waals surface area (Å²) in [4.78, 5) is 14.5. The van der Waals surface area contributed by atoms with E-state index < -0.39 is 18.4 Å². The molecular weight excluding hydrogens is 539 g/mol. The van der Waals surface area contributed by atoms with Crippen molar-refractivity contribution in [2.45, 2.75) is 97.3 Å². The molecule has 0 saturated carbocycles. The van der Waals surface area contributed by atoms with Gasteiger partial charge in [-0.05, 0) is 0 Å². The maximum absolute atomic E-state index is 5.93. The molecule has 35 heavy (non-hydrogen) atoms. The van der Waals surface area contributed by atoms with Gasteiger partial charge in [-0.15, -0.1) is 0 Å². The SMILES string of the molecule is CCC[CH2][Sn]([CH2]CCC)([CH2]CCC)[c]1ccc(N2CC3CC(C2)N3C(OC)c2cccnc2)nc1. The first-order valence-corrected chi connectivity index (χ1v) is 21.6. The van der Waals surface area contributed by atoms with Crippen molar-refractivity contribution < 1.29 is 4.74 Å². The first-order chi connectivity index (χ1) is 17.2. The Morgan fingerprint density at radius 3 is 2.09 bits per heavy atom. The predicted molar refractivity (Wildman–Crippen MR) is 149 cm³/mol. The van der Waals surface area contributed by atoms with Gasteiger partial charge in [0.05, 0.1) is 0 Å². The van der Waals surface area contributed by atoms with Gasteiger partial charge >= 0.3 is 212 Å². The minimum absolute atomic E-state index is 0.00433. The molecule has 0 spiro atoms. The Morgan fingerprint density at radius 1 is 0.943 bits per heavy atom. The maximum atomic E-state index is 5.93. The number of anilines is 1. The van der Waals surface area contributed by atoms with Gasteiger partial charge in [0.1, 0.15) is 0 Å². The summed E-state index contributed by atoms with van der Waals surface area (Å²) < 4.78 is 12.1. The molecule has 2 aromatic rings. The van der Waals surface area contributed by atoms with E-state index in [0.717, 1.165) is 18.7 Å². The Labute approximate surface area is 217 Å². The van der Waals surface area contributed by atoms with Crippen LogP contribution in [0.2, 0.25) is 13.3 Å². The van der Waals surface area contributed by atoms with Crippen LogP contribution in [0.4, 0.5) is 5.82 Å². The molecule has 3 saturated heterocycles. The standard InChI is InChI=1S/C17H19N4O.3C4H9.Sn/c1-22-17(13-5-4-7-18-10-13)21-14-9-15(21)12-20(11-14)16-6-2-3-8-19-16;3*1-3-4-2;/h2,4-8,10,14-15,17H,9,11-12H2,1H3;3*1,3-4H2,2H3;. The molecule has 0 radical (unpaired) electrons. The van der Waals surface area contributed by atoms with Crippen molar-refractivity contribution in [1.82, 2.24) is 14.9 Å². The van der Waals surface area contributed by atoms with Crippen molar-refractivity contribution in [1.29, 1.82) is 0 Å². The summed E-state index contributed by atoms with van der Waals surface area (Å²) in [6.45, 7) is 9.11. The molecule has 192 valence electrons. The topological polar surface area (TPSA) is 41.5 Å². The van der Waals surface area contributed by atoms with E-state index in [-0.39, 0.29) is 6.23 Å². The zero-order valence-corrected chi connectivity index (χ0v) is 25.3. The fourth-order valence-electron chi connectivity index (χ4n) is 6.40. The molecule has 5 heterocycles. The second-order valence-corrected chi connectivity index (χ2v) is 24.0. The molecule has 2 aromatic heterocycles. The summed E-state index contributed by atoms with van der Waals surface area (Å²) in [5, 5.41) is 0. The predicted octanol–water partition coefficient (Wildman–Crippen LogP) is 6.14. The van der Waals surface area contributed by atoms with Gasteiger partial charge < -0.3 is 0 Å². The molecule has 3 aliphatic heterocycles. The number of hydrogen-bond acceptors (Lipinski definition) is 5. The van der Waals surface area contributed by atoms with Crippen LogP contribution >= 0.6 is 0 Å². The number of piperidine rings is 1. The van der Waals surface area contributed by atoms with Crippen molar-refractivity contribution in [2.75, 3.05) is 25.1 Å². The summed E-state index contributed by atoms with van der Waals surface area (Å²) in [7, 11) is 1.82. The van der Waals surface area contributed by atoms with Gasteiger partial charge in [0.25, 0.3) is 0 Å². The van der Waals surface area contributed by atoms with Crippen LogP contribution in [-0.2, 0) is 4.74 Å². The van der Waals surface area contributed by atoms with Gasteiger partial charge in [-0.3, -0.25) is 0 Å². The number of hydrogen-bond donors (Lipinski definition) is 0. The number of aromatic nitrogens is 2. The first-order valence-electron chi connectivity index (χ1n) is 14.1. The molecule has 3 fully saturated rings. The van der Waals surface area contributed by atoms with Crippen molar-refractivity contribution in [2.24, 2.45) is 0 Å². The summed E-state index contributed by atoms with van der Waals surface area (Å²) in [6, 6.07) is 10.0. The van der Waals surface area contributed by atoms with E-state index in [2.05, 4.69) is 60.0 Å². The number of pyridine rings is 2. The molecule has 2 bridgehead atoms. The van der Waals surface area contributed by atoms with Crippen LogP contribution in [0.15, 0.2) is 42.9 Å². The average Bonchev–Trinajstić information content (AvgIpc) is 2.92. The van der Waals surface area contributed by atoms with Crippen molar-refractivity contribution in [3.63, 3.8) is 0 Å². The second-order valence-electron chi connectivity index (χ2n) is 10.8. The van der Waals surface area contributed by atoms with E-state index in [9.17, 15) is 0 Å². The number of nitrogens with zero attached hydrogens (tertiary/aromatic N) is 4. The van der Waals surface area contributed by atoms with Crippen LogP contribution in [-0.4, -0.2) is 65.5 Å². The number of ether oxygens (including phenoxy) is 1. The van der Waals surface area contributed by atoms with Gasteiger partial charge in [-0.2, -0.15) is 0 Å². The van der Waals surface area contributed by atoms with E-state index in [1.807, 2.05) is 25.6 Å². The molecule has 3 unspecified atom stereocenters. The van der Waals surface area contributed by atoms with Crippen molar-refractivity contribution in [3.8, 4) is 0 Å². The summed E-state index contributed by atoms with van der Waals surface area (Å²) in [5.74, 6) is 1.17. The Kier molecular flexibility index (Phi) is 9.88. The Bertz CT molecular complexity index is 860. The van der Waals surface area contributed by atoms with Crippen molar-refractivity contribution in [3.05, 3.63) is 48.4 Å². The van der Waals surface area contributed by atoms with Crippen molar-refractivity contribution >= 4 is 27.8 Å². The molecule has 3 atom stereocenters. The summed E-state index contributed by atoms with van der Waals surface area (Å²) in [6.07, 6.45) is 15.5. The fraction of sp³-hybridized carbons (Fsp3) is 0.655.